The lowest BCUT2D eigenvalue weighted by atomic mass is 9.87. The predicted molar refractivity (Wildman–Crippen MR) is 95.0 cm³/mol. The van der Waals surface area contributed by atoms with Crippen LogP contribution in [0.25, 0.3) is 0 Å². The van der Waals surface area contributed by atoms with Crippen LogP contribution in [0.1, 0.15) is 32.1 Å². The molecule has 3 aliphatic rings. The van der Waals surface area contributed by atoms with Crippen molar-refractivity contribution in [3.63, 3.8) is 0 Å². The Morgan fingerprint density at radius 1 is 1.14 bits per heavy atom. The highest BCUT2D eigenvalue weighted by Crippen LogP contribution is 2.38. The number of rotatable bonds is 2. The van der Waals surface area contributed by atoms with Crippen LogP contribution in [0, 0.1) is 5.82 Å². The molecule has 1 atom stereocenters. The summed E-state index contributed by atoms with van der Waals surface area (Å²) in [6.07, 6.45) is 3.24. The molecule has 0 saturated carbocycles. The summed E-state index contributed by atoms with van der Waals surface area (Å²) in [5, 5.41) is 7.12. The number of hydrogen-bond acceptors (Lipinski definition) is 6. The molecule has 4 heterocycles. The summed E-state index contributed by atoms with van der Waals surface area (Å²) in [7, 11) is 0. The van der Waals surface area contributed by atoms with Crippen LogP contribution in [0.3, 0.4) is 0 Å². The molecule has 3 fully saturated rings. The Bertz CT molecular complexity index is 687. The molecular formula is C18H24F4N4O3. The van der Waals surface area contributed by atoms with Gasteiger partial charge in [-0.1, -0.05) is 0 Å². The molecule has 11 heteroatoms. The molecule has 4 rings (SSSR count). The van der Waals surface area contributed by atoms with Crippen LogP contribution < -0.4 is 4.90 Å². The number of piperidine rings is 1. The lowest BCUT2D eigenvalue weighted by Gasteiger charge is -2.38. The first-order chi connectivity index (χ1) is 13.7. The molecule has 0 bridgehead atoms. The number of carboxylic acid groups (broad SMARTS) is 1. The minimum atomic E-state index is -5.08. The van der Waals surface area contributed by atoms with Crippen molar-refractivity contribution in [1.29, 1.82) is 0 Å². The smallest absolute Gasteiger partial charge is 0.475 e. The van der Waals surface area contributed by atoms with Crippen LogP contribution in [0.5, 0.6) is 0 Å². The standard InChI is InChI=1S/C16H23FN4O.C2HF3O2/c17-13-10-18-15(19-11-13)21-7-3-16(4-8-21)9-14(12-22-16)20-5-1-2-6-20;3-2(4,5)1(6)7/h10-11,14H,1-9,12H2;(H,6,7). The average molecular weight is 420 g/mol. The Labute approximate surface area is 165 Å². The molecule has 1 aromatic rings. The number of halogens is 4. The molecule has 0 amide bonds. The number of ether oxygens (including phenoxy) is 1. The van der Waals surface area contributed by atoms with Crippen molar-refractivity contribution in [2.24, 2.45) is 0 Å². The lowest BCUT2D eigenvalue weighted by Crippen LogP contribution is -2.45. The Balaban J connectivity index is 0.000000298. The number of carbonyl (C=O) groups is 1. The summed E-state index contributed by atoms with van der Waals surface area (Å²) in [6, 6.07) is 0.608. The van der Waals surface area contributed by atoms with Gasteiger partial charge in [-0.15, -0.1) is 0 Å². The van der Waals surface area contributed by atoms with Crippen LogP contribution in [-0.2, 0) is 9.53 Å². The van der Waals surface area contributed by atoms with Gasteiger partial charge in [-0.3, -0.25) is 4.90 Å². The third-order valence-electron chi connectivity index (χ3n) is 5.65. The highest BCUT2D eigenvalue weighted by molar-refractivity contribution is 5.73. The molecule has 1 spiro atoms. The van der Waals surface area contributed by atoms with E-state index in [1.165, 1.54) is 38.3 Å². The third kappa shape index (κ3) is 5.53. The van der Waals surface area contributed by atoms with Crippen molar-refractivity contribution < 1.29 is 32.2 Å². The van der Waals surface area contributed by atoms with E-state index in [2.05, 4.69) is 19.8 Å². The van der Waals surface area contributed by atoms with Gasteiger partial charge < -0.3 is 14.7 Å². The van der Waals surface area contributed by atoms with Crippen molar-refractivity contribution >= 4 is 11.9 Å². The lowest BCUT2D eigenvalue weighted by molar-refractivity contribution is -0.192. The molecule has 0 aromatic carbocycles. The van der Waals surface area contributed by atoms with Crippen LogP contribution >= 0.6 is 0 Å². The number of carboxylic acids is 1. The van der Waals surface area contributed by atoms with Crippen LogP contribution in [0.15, 0.2) is 12.4 Å². The minimum Gasteiger partial charge on any atom is -0.475 e. The van der Waals surface area contributed by atoms with Gasteiger partial charge in [-0.05, 0) is 45.2 Å². The van der Waals surface area contributed by atoms with E-state index in [0.717, 1.165) is 39.0 Å². The Morgan fingerprint density at radius 3 is 2.21 bits per heavy atom. The maximum Gasteiger partial charge on any atom is 0.490 e. The van der Waals surface area contributed by atoms with Crippen LogP contribution in [0.2, 0.25) is 0 Å². The van der Waals surface area contributed by atoms with E-state index in [-0.39, 0.29) is 11.4 Å². The first-order valence-electron chi connectivity index (χ1n) is 9.59. The van der Waals surface area contributed by atoms with E-state index in [1.807, 2.05) is 0 Å². The fourth-order valence-corrected chi connectivity index (χ4v) is 4.09. The zero-order chi connectivity index (χ0) is 21.1. The molecule has 0 aliphatic carbocycles. The van der Waals surface area contributed by atoms with Crippen molar-refractivity contribution in [2.75, 3.05) is 37.7 Å². The topological polar surface area (TPSA) is 78.8 Å². The normalized spacial score (nSPS) is 24.4. The summed E-state index contributed by atoms with van der Waals surface area (Å²) in [5.41, 5.74) is 0.0454. The molecule has 3 saturated heterocycles. The SMILES string of the molecule is Fc1cnc(N2CCC3(CC2)CC(N2CCCC2)CO3)nc1.O=C(O)C(F)(F)F. The quantitative estimate of drug-likeness (QED) is 0.737. The maximum absolute atomic E-state index is 12.9. The summed E-state index contributed by atoms with van der Waals surface area (Å²) in [6.45, 7) is 5.13. The van der Waals surface area contributed by atoms with E-state index in [4.69, 9.17) is 14.6 Å². The molecular weight excluding hydrogens is 396 g/mol. The highest BCUT2D eigenvalue weighted by atomic mass is 19.4. The van der Waals surface area contributed by atoms with E-state index >= 15 is 0 Å². The average Bonchev–Trinajstić information content (AvgIpc) is 3.33. The Kier molecular flexibility index (Phi) is 6.57. The van der Waals surface area contributed by atoms with Crippen LogP contribution in [0.4, 0.5) is 23.5 Å². The largest absolute Gasteiger partial charge is 0.490 e. The molecule has 0 radical (unpaired) electrons. The van der Waals surface area contributed by atoms with Gasteiger partial charge in [-0.25, -0.2) is 19.2 Å². The first-order valence-corrected chi connectivity index (χ1v) is 9.59. The molecule has 3 aliphatic heterocycles. The molecule has 1 unspecified atom stereocenters. The number of alkyl halides is 3. The molecule has 7 nitrogen and oxygen atoms in total. The van der Waals surface area contributed by atoms with E-state index < -0.39 is 12.1 Å². The van der Waals surface area contributed by atoms with Gasteiger partial charge >= 0.3 is 12.1 Å². The third-order valence-corrected chi connectivity index (χ3v) is 5.65. The number of anilines is 1. The Hall–Kier alpha value is -2.01. The van der Waals surface area contributed by atoms with Crippen LogP contribution in [-0.4, -0.2) is 76.5 Å². The monoisotopic (exact) mass is 420 g/mol. The Morgan fingerprint density at radius 2 is 1.69 bits per heavy atom. The number of aromatic nitrogens is 2. The van der Waals surface area contributed by atoms with Crippen molar-refractivity contribution in [2.45, 2.75) is 49.9 Å². The van der Waals surface area contributed by atoms with E-state index in [9.17, 15) is 17.6 Å². The van der Waals surface area contributed by atoms with E-state index in [0.29, 0.717) is 12.0 Å². The van der Waals surface area contributed by atoms with Crippen molar-refractivity contribution in [1.82, 2.24) is 14.9 Å². The zero-order valence-corrected chi connectivity index (χ0v) is 15.9. The van der Waals surface area contributed by atoms with Gasteiger partial charge in [0.05, 0.1) is 24.6 Å². The summed E-state index contributed by atoms with van der Waals surface area (Å²) in [4.78, 5) is 21.8. The number of hydrogen-bond donors (Lipinski definition) is 1. The van der Waals surface area contributed by atoms with Gasteiger partial charge in [-0.2, -0.15) is 13.2 Å². The summed E-state index contributed by atoms with van der Waals surface area (Å²) < 4.78 is 50.9. The van der Waals surface area contributed by atoms with Gasteiger partial charge in [0.25, 0.3) is 0 Å². The van der Waals surface area contributed by atoms with Gasteiger partial charge in [0.15, 0.2) is 5.82 Å². The number of likely N-dealkylation sites (tertiary alicyclic amines) is 1. The number of aliphatic carboxylic acids is 1. The van der Waals surface area contributed by atoms with Crippen molar-refractivity contribution in [3.8, 4) is 0 Å². The van der Waals surface area contributed by atoms with Gasteiger partial charge in [0.2, 0.25) is 5.95 Å². The molecule has 1 N–H and O–H groups in total. The minimum absolute atomic E-state index is 0.0454. The second-order valence-corrected chi connectivity index (χ2v) is 7.59. The van der Waals surface area contributed by atoms with E-state index in [1.54, 1.807) is 0 Å². The fourth-order valence-electron chi connectivity index (χ4n) is 4.09. The maximum atomic E-state index is 12.9. The fraction of sp³-hybridized carbons (Fsp3) is 0.722. The number of nitrogens with zero attached hydrogens (tertiary/aromatic N) is 4. The first kappa shape index (κ1) is 21.7. The zero-order valence-electron chi connectivity index (χ0n) is 15.9. The summed E-state index contributed by atoms with van der Waals surface area (Å²) in [5.74, 6) is -2.51. The van der Waals surface area contributed by atoms with Crippen molar-refractivity contribution in [3.05, 3.63) is 18.2 Å². The second kappa shape index (κ2) is 8.78. The predicted octanol–water partition coefficient (Wildman–Crippen LogP) is 2.47. The second-order valence-electron chi connectivity index (χ2n) is 7.59. The summed E-state index contributed by atoms with van der Waals surface area (Å²) >= 11 is 0. The van der Waals surface area contributed by atoms with Gasteiger partial charge in [0.1, 0.15) is 0 Å². The highest BCUT2D eigenvalue weighted by Gasteiger charge is 2.45. The molecule has 29 heavy (non-hydrogen) atoms. The molecule has 162 valence electrons. The molecule has 1 aromatic heterocycles. The van der Waals surface area contributed by atoms with Gasteiger partial charge in [0, 0.05) is 19.1 Å².